The lowest BCUT2D eigenvalue weighted by Gasteiger charge is -2.54. The van der Waals surface area contributed by atoms with E-state index in [1.54, 1.807) is 34.7 Å². The number of carbonyl (C=O) groups is 2. The summed E-state index contributed by atoms with van der Waals surface area (Å²) in [6.07, 6.45) is -1.15. The summed E-state index contributed by atoms with van der Waals surface area (Å²) < 4.78 is 33.8. The molecule has 0 saturated carbocycles. The maximum absolute atomic E-state index is 14.4. The normalized spacial score (nSPS) is 26.3. The zero-order valence-corrected chi connectivity index (χ0v) is 21.5. The van der Waals surface area contributed by atoms with Gasteiger partial charge in [-0.3, -0.25) is 14.5 Å². The molecule has 1 aromatic heterocycles. The van der Waals surface area contributed by atoms with Crippen molar-refractivity contribution in [2.75, 3.05) is 7.11 Å². The van der Waals surface area contributed by atoms with Crippen LogP contribution in [0.2, 0.25) is 0 Å². The van der Waals surface area contributed by atoms with Crippen molar-refractivity contribution in [1.82, 2.24) is 25.1 Å². The maximum atomic E-state index is 14.4. The molecule has 0 N–H and O–H groups in total. The van der Waals surface area contributed by atoms with Crippen molar-refractivity contribution < 1.29 is 22.7 Å². The number of carbonyl (C=O) groups excluding carboxylic acids is 2. The van der Waals surface area contributed by atoms with E-state index in [2.05, 4.69) is 15.5 Å². The second-order valence-electron chi connectivity index (χ2n) is 9.46. The highest BCUT2D eigenvalue weighted by Crippen LogP contribution is 2.55. The third kappa shape index (κ3) is 3.50. The van der Waals surface area contributed by atoms with Crippen LogP contribution in [0.15, 0.2) is 46.8 Å². The molecule has 10 nitrogen and oxygen atoms in total. The van der Waals surface area contributed by atoms with E-state index in [4.69, 9.17) is 4.74 Å². The summed E-state index contributed by atoms with van der Waals surface area (Å²) in [4.78, 5) is 27.7. The molecule has 1 unspecified atom stereocenters. The second kappa shape index (κ2) is 8.28. The van der Waals surface area contributed by atoms with Crippen LogP contribution < -0.4 is 0 Å². The Balaban J connectivity index is 2.04. The molecule has 3 heterocycles. The number of ether oxygens (including phenoxy) is 1. The first-order valence-corrected chi connectivity index (χ1v) is 13.0. The Morgan fingerprint density at radius 2 is 1.88 bits per heavy atom. The SMILES string of the molecule is CO[C@H]1C(=O)N2C(C(=O)C(C)(C)C)=C(C)C(Cc3ccccc3)(Sc3nnnn3C)S(=O)(=O)[C@@H]12. The van der Waals surface area contributed by atoms with Crippen LogP contribution >= 0.6 is 11.8 Å². The Morgan fingerprint density at radius 1 is 1.24 bits per heavy atom. The van der Waals surface area contributed by atoms with Gasteiger partial charge in [-0.05, 0) is 28.5 Å². The molecular weight excluding hydrogens is 478 g/mol. The Morgan fingerprint density at radius 3 is 2.41 bits per heavy atom. The highest BCUT2D eigenvalue weighted by molar-refractivity contribution is 8.15. The largest absolute Gasteiger partial charge is 0.368 e. The molecular formula is C22H27N5O5S2. The summed E-state index contributed by atoms with van der Waals surface area (Å²) >= 11 is 0.976. The lowest BCUT2D eigenvalue weighted by Crippen LogP contribution is -2.74. The summed E-state index contributed by atoms with van der Waals surface area (Å²) in [6.45, 7) is 6.83. The molecule has 1 saturated heterocycles. The van der Waals surface area contributed by atoms with Gasteiger partial charge in [0.1, 0.15) is 0 Å². The van der Waals surface area contributed by atoms with E-state index in [-0.39, 0.29) is 28.6 Å². The molecule has 0 radical (unpaired) electrons. The van der Waals surface area contributed by atoms with Gasteiger partial charge in [-0.25, -0.2) is 13.1 Å². The standard InChI is InChI=1S/C22H27N5O5S2/c1-13-15(17(28)21(2,3)4)27-18(29)16(32-6)19(27)34(30,31)22(13,12-14-10-8-7-9-11-14)33-20-23-24-25-26(20)5/h7-11,16,19H,12H2,1-6H3/t16-,19-,22?/m0/s1. The molecule has 182 valence electrons. The van der Waals surface area contributed by atoms with Crippen LogP contribution in [0.4, 0.5) is 0 Å². The van der Waals surface area contributed by atoms with Crippen molar-refractivity contribution in [3.05, 3.63) is 47.2 Å². The zero-order valence-electron chi connectivity index (χ0n) is 19.8. The average molecular weight is 506 g/mol. The number of amides is 1. The number of methoxy groups -OCH3 is 1. The van der Waals surface area contributed by atoms with Gasteiger partial charge in [-0.15, -0.1) is 5.10 Å². The van der Waals surface area contributed by atoms with Gasteiger partial charge >= 0.3 is 0 Å². The Labute approximate surface area is 202 Å². The van der Waals surface area contributed by atoms with Gasteiger partial charge in [0.05, 0.1) is 5.70 Å². The van der Waals surface area contributed by atoms with Crippen LogP contribution in [-0.2, 0) is 37.6 Å². The van der Waals surface area contributed by atoms with Crippen LogP contribution in [0.5, 0.6) is 0 Å². The van der Waals surface area contributed by atoms with Crippen LogP contribution in [0.1, 0.15) is 33.3 Å². The summed E-state index contributed by atoms with van der Waals surface area (Å²) in [5, 5.41) is 10.5. The number of hydrogen-bond acceptors (Lipinski definition) is 9. The van der Waals surface area contributed by atoms with E-state index in [0.717, 1.165) is 22.2 Å². The fraction of sp³-hybridized carbons (Fsp3) is 0.500. The number of allylic oxidation sites excluding steroid dienone is 1. The van der Waals surface area contributed by atoms with Gasteiger partial charge < -0.3 is 4.74 Å². The number of Topliss-reactive ketones (excluding diaryl/α,β-unsaturated/α-hetero) is 1. The number of nitrogens with zero attached hydrogens (tertiary/aromatic N) is 5. The Hall–Kier alpha value is -2.57. The Bertz CT molecular complexity index is 1280. The minimum Gasteiger partial charge on any atom is -0.368 e. The molecule has 2 aliphatic rings. The minimum absolute atomic E-state index is 0.0510. The number of aromatic nitrogens is 4. The number of ketones is 1. The number of aryl methyl sites for hydroxylation is 1. The molecule has 1 fully saturated rings. The molecule has 0 spiro atoms. The molecule has 12 heteroatoms. The number of thioether (sulfide) groups is 1. The number of hydrogen-bond donors (Lipinski definition) is 0. The van der Waals surface area contributed by atoms with E-state index in [9.17, 15) is 18.0 Å². The monoisotopic (exact) mass is 505 g/mol. The second-order valence-corrected chi connectivity index (χ2v) is 13.2. The lowest BCUT2D eigenvalue weighted by atomic mass is 9.84. The number of fused-ring (bicyclic) bond motifs is 1. The summed E-state index contributed by atoms with van der Waals surface area (Å²) in [6, 6.07) is 9.15. The van der Waals surface area contributed by atoms with Gasteiger partial charge in [0, 0.05) is 26.0 Å². The quantitative estimate of drug-likeness (QED) is 0.540. The smallest absolute Gasteiger partial charge is 0.260 e. The first-order valence-electron chi connectivity index (χ1n) is 10.7. The van der Waals surface area contributed by atoms with Crippen molar-refractivity contribution in [3.8, 4) is 0 Å². The zero-order chi connectivity index (χ0) is 25.1. The van der Waals surface area contributed by atoms with E-state index < -0.39 is 36.7 Å². The topological polar surface area (TPSA) is 124 Å². The Kier molecular flexibility index (Phi) is 5.98. The predicted molar refractivity (Wildman–Crippen MR) is 125 cm³/mol. The van der Waals surface area contributed by atoms with Crippen molar-refractivity contribution in [2.24, 2.45) is 12.5 Å². The van der Waals surface area contributed by atoms with Gasteiger partial charge in [0.15, 0.2) is 31.2 Å². The van der Waals surface area contributed by atoms with Gasteiger partial charge in [0.25, 0.3) is 5.91 Å². The summed E-state index contributed by atoms with van der Waals surface area (Å²) in [5.74, 6) is -0.858. The molecule has 0 aliphatic carbocycles. The molecule has 3 atom stereocenters. The number of tetrazole rings is 1. The first kappa shape index (κ1) is 24.6. The van der Waals surface area contributed by atoms with Gasteiger partial charge in [0.2, 0.25) is 5.16 Å². The van der Waals surface area contributed by atoms with E-state index >= 15 is 0 Å². The highest BCUT2D eigenvalue weighted by atomic mass is 32.3. The van der Waals surface area contributed by atoms with Gasteiger partial charge in [-0.1, -0.05) is 62.9 Å². The van der Waals surface area contributed by atoms with E-state index in [1.807, 2.05) is 30.3 Å². The van der Waals surface area contributed by atoms with Crippen LogP contribution in [-0.4, -0.2) is 67.9 Å². The molecule has 2 aromatic rings. The van der Waals surface area contributed by atoms with E-state index in [1.165, 1.54) is 11.8 Å². The van der Waals surface area contributed by atoms with Crippen LogP contribution in [0, 0.1) is 5.41 Å². The average Bonchev–Trinajstić information content (AvgIpc) is 3.17. The fourth-order valence-electron chi connectivity index (χ4n) is 4.32. The third-order valence-electron chi connectivity index (χ3n) is 6.21. The van der Waals surface area contributed by atoms with Crippen LogP contribution in [0.25, 0.3) is 0 Å². The van der Waals surface area contributed by atoms with E-state index in [0.29, 0.717) is 0 Å². The highest BCUT2D eigenvalue weighted by Gasteiger charge is 2.68. The molecule has 34 heavy (non-hydrogen) atoms. The van der Waals surface area contributed by atoms with Crippen molar-refractivity contribution in [1.29, 1.82) is 0 Å². The number of β-lactam (4-membered cyclic amide) rings is 1. The molecule has 1 aromatic carbocycles. The molecule has 4 rings (SSSR count). The number of benzene rings is 1. The predicted octanol–water partition coefficient (Wildman–Crippen LogP) is 1.74. The van der Waals surface area contributed by atoms with Gasteiger partial charge in [-0.2, -0.15) is 0 Å². The maximum Gasteiger partial charge on any atom is 0.260 e. The number of rotatable bonds is 6. The lowest BCUT2D eigenvalue weighted by molar-refractivity contribution is -0.161. The summed E-state index contributed by atoms with van der Waals surface area (Å²) in [5.41, 5.74) is 0.284. The van der Waals surface area contributed by atoms with Crippen molar-refractivity contribution >= 4 is 33.3 Å². The molecule has 0 bridgehead atoms. The summed E-state index contributed by atoms with van der Waals surface area (Å²) in [7, 11) is -1.24. The van der Waals surface area contributed by atoms with Crippen LogP contribution in [0.3, 0.4) is 0 Å². The fourth-order valence-corrected chi connectivity index (χ4v) is 8.66. The number of sulfone groups is 1. The van der Waals surface area contributed by atoms with Crippen molar-refractivity contribution in [3.63, 3.8) is 0 Å². The molecule has 1 amide bonds. The third-order valence-corrected chi connectivity index (χ3v) is 10.9. The first-order chi connectivity index (χ1) is 15.9. The van der Waals surface area contributed by atoms with Crippen molar-refractivity contribution in [2.45, 2.75) is 54.8 Å². The molecule has 2 aliphatic heterocycles. The minimum atomic E-state index is -4.15.